The average molecular weight is 259 g/mol. The van der Waals surface area contributed by atoms with Crippen molar-refractivity contribution in [2.45, 2.75) is 0 Å². The predicted octanol–water partition coefficient (Wildman–Crippen LogP) is 2.23. The number of hydrogen-bond acceptors (Lipinski definition) is 3. The number of rotatable bonds is 6. The van der Waals surface area contributed by atoms with Crippen molar-refractivity contribution in [3.8, 4) is 0 Å². The average Bonchev–Trinajstić information content (AvgIpc) is 2.28. The van der Waals surface area contributed by atoms with Gasteiger partial charge in [0.15, 0.2) is 0 Å². The van der Waals surface area contributed by atoms with Crippen molar-refractivity contribution in [2.24, 2.45) is 0 Å². The maximum absolute atomic E-state index is 11.4. The number of carbonyl (C=O) groups excluding carboxylic acids is 1. The highest BCUT2D eigenvalue weighted by atomic mass is 35.5. The van der Waals surface area contributed by atoms with Gasteiger partial charge in [-0.3, -0.25) is 4.79 Å². The minimum atomic E-state index is -0.0385. The first kappa shape index (κ1) is 13.4. The second-order valence-corrected chi connectivity index (χ2v) is 4.65. The Hall–Kier alpha value is -0.710. The molecule has 16 heavy (non-hydrogen) atoms. The molecule has 2 N–H and O–H groups in total. The maximum Gasteiger partial charge on any atom is 0.238 e. The SMILES string of the molecule is CSCCNCC(=O)Nc1ccc(Cl)cc1. The van der Waals surface area contributed by atoms with Crippen molar-refractivity contribution >= 4 is 35.0 Å². The van der Waals surface area contributed by atoms with Crippen LogP contribution in [0.2, 0.25) is 5.02 Å². The summed E-state index contributed by atoms with van der Waals surface area (Å²) in [6, 6.07) is 7.06. The normalized spacial score (nSPS) is 10.1. The summed E-state index contributed by atoms with van der Waals surface area (Å²) in [5.74, 6) is 0.970. The molecule has 0 unspecified atom stereocenters. The van der Waals surface area contributed by atoms with E-state index in [0.29, 0.717) is 11.6 Å². The molecular formula is C11H15ClN2OS. The molecular weight excluding hydrogens is 244 g/mol. The van der Waals surface area contributed by atoms with Crippen LogP contribution in [-0.2, 0) is 4.79 Å². The van der Waals surface area contributed by atoms with E-state index in [1.807, 2.05) is 6.26 Å². The fourth-order valence-corrected chi connectivity index (χ4v) is 1.59. The largest absolute Gasteiger partial charge is 0.325 e. The number of anilines is 1. The number of nitrogens with one attached hydrogen (secondary N) is 2. The van der Waals surface area contributed by atoms with Gasteiger partial charge in [-0.25, -0.2) is 0 Å². The first-order valence-electron chi connectivity index (χ1n) is 4.97. The molecule has 0 aliphatic carbocycles. The Balaban J connectivity index is 2.26. The second kappa shape index (κ2) is 7.54. The van der Waals surface area contributed by atoms with Crippen molar-refractivity contribution in [1.29, 1.82) is 0 Å². The molecule has 1 aromatic rings. The Bertz CT molecular complexity index is 329. The Morgan fingerprint density at radius 3 is 2.69 bits per heavy atom. The molecule has 1 aromatic carbocycles. The van der Waals surface area contributed by atoms with Crippen LogP contribution < -0.4 is 10.6 Å². The van der Waals surface area contributed by atoms with Gasteiger partial charge in [0, 0.05) is 23.0 Å². The van der Waals surface area contributed by atoms with Crippen LogP contribution in [0.4, 0.5) is 5.69 Å². The fourth-order valence-electron chi connectivity index (χ4n) is 1.11. The van der Waals surface area contributed by atoms with Crippen molar-refractivity contribution in [3.05, 3.63) is 29.3 Å². The highest BCUT2D eigenvalue weighted by molar-refractivity contribution is 7.98. The van der Waals surface area contributed by atoms with Gasteiger partial charge in [0.1, 0.15) is 0 Å². The van der Waals surface area contributed by atoms with Crippen LogP contribution in [0.15, 0.2) is 24.3 Å². The molecule has 0 fully saturated rings. The molecule has 1 rings (SSSR count). The van der Waals surface area contributed by atoms with Gasteiger partial charge in [-0.2, -0.15) is 11.8 Å². The van der Waals surface area contributed by atoms with Crippen LogP contribution in [-0.4, -0.2) is 31.0 Å². The summed E-state index contributed by atoms with van der Waals surface area (Å²) in [5, 5.41) is 6.50. The highest BCUT2D eigenvalue weighted by Gasteiger charge is 2.00. The smallest absolute Gasteiger partial charge is 0.238 e. The third kappa shape index (κ3) is 5.39. The number of benzene rings is 1. The molecule has 3 nitrogen and oxygen atoms in total. The van der Waals surface area contributed by atoms with E-state index in [0.717, 1.165) is 18.0 Å². The first-order valence-corrected chi connectivity index (χ1v) is 6.74. The molecule has 5 heteroatoms. The van der Waals surface area contributed by atoms with Gasteiger partial charge in [-0.05, 0) is 30.5 Å². The Morgan fingerprint density at radius 2 is 2.06 bits per heavy atom. The highest BCUT2D eigenvalue weighted by Crippen LogP contribution is 2.12. The predicted molar refractivity (Wildman–Crippen MR) is 71.3 cm³/mol. The van der Waals surface area contributed by atoms with Crippen LogP contribution in [0.3, 0.4) is 0 Å². The molecule has 0 radical (unpaired) electrons. The van der Waals surface area contributed by atoms with Crippen LogP contribution >= 0.6 is 23.4 Å². The third-order valence-corrected chi connectivity index (χ3v) is 2.76. The van der Waals surface area contributed by atoms with Crippen LogP contribution in [0.5, 0.6) is 0 Å². The summed E-state index contributed by atoms with van der Waals surface area (Å²) < 4.78 is 0. The van der Waals surface area contributed by atoms with Gasteiger partial charge in [-0.1, -0.05) is 11.6 Å². The molecule has 0 atom stereocenters. The van der Waals surface area contributed by atoms with E-state index in [1.54, 1.807) is 36.0 Å². The molecule has 1 amide bonds. The third-order valence-electron chi connectivity index (χ3n) is 1.90. The fraction of sp³-hybridized carbons (Fsp3) is 0.364. The lowest BCUT2D eigenvalue weighted by Crippen LogP contribution is -2.29. The van der Waals surface area contributed by atoms with E-state index in [-0.39, 0.29) is 5.91 Å². The summed E-state index contributed by atoms with van der Waals surface area (Å²) in [6.07, 6.45) is 2.04. The standard InChI is InChI=1S/C11H15ClN2OS/c1-16-7-6-13-8-11(15)14-10-4-2-9(12)3-5-10/h2-5,13H,6-8H2,1H3,(H,14,15). The molecule has 0 aliphatic heterocycles. The summed E-state index contributed by atoms with van der Waals surface area (Å²) in [4.78, 5) is 11.4. The Labute approximate surface area is 105 Å². The lowest BCUT2D eigenvalue weighted by molar-refractivity contribution is -0.115. The van der Waals surface area contributed by atoms with E-state index in [2.05, 4.69) is 10.6 Å². The van der Waals surface area contributed by atoms with Gasteiger partial charge in [0.05, 0.1) is 6.54 Å². The van der Waals surface area contributed by atoms with Crippen molar-refractivity contribution in [2.75, 3.05) is 30.4 Å². The lowest BCUT2D eigenvalue weighted by Gasteiger charge is -2.06. The zero-order chi connectivity index (χ0) is 11.8. The summed E-state index contributed by atoms with van der Waals surface area (Å²) in [5.41, 5.74) is 0.765. The van der Waals surface area contributed by atoms with Gasteiger partial charge in [-0.15, -0.1) is 0 Å². The van der Waals surface area contributed by atoms with Gasteiger partial charge < -0.3 is 10.6 Å². The van der Waals surface area contributed by atoms with Crippen LogP contribution in [0.1, 0.15) is 0 Å². The van der Waals surface area contributed by atoms with E-state index in [9.17, 15) is 4.79 Å². The van der Waals surface area contributed by atoms with E-state index >= 15 is 0 Å². The second-order valence-electron chi connectivity index (χ2n) is 3.22. The zero-order valence-corrected chi connectivity index (χ0v) is 10.7. The van der Waals surface area contributed by atoms with E-state index in [4.69, 9.17) is 11.6 Å². The quantitative estimate of drug-likeness (QED) is 0.769. The van der Waals surface area contributed by atoms with E-state index < -0.39 is 0 Å². The van der Waals surface area contributed by atoms with Crippen molar-refractivity contribution < 1.29 is 4.79 Å². The number of amides is 1. The molecule has 0 heterocycles. The van der Waals surface area contributed by atoms with Crippen molar-refractivity contribution in [3.63, 3.8) is 0 Å². The number of carbonyl (C=O) groups is 1. The molecule has 0 spiro atoms. The summed E-state index contributed by atoms with van der Waals surface area (Å²) in [7, 11) is 0. The Morgan fingerprint density at radius 1 is 1.38 bits per heavy atom. The lowest BCUT2D eigenvalue weighted by atomic mass is 10.3. The molecule has 0 aromatic heterocycles. The van der Waals surface area contributed by atoms with E-state index in [1.165, 1.54) is 0 Å². The first-order chi connectivity index (χ1) is 7.72. The number of hydrogen-bond donors (Lipinski definition) is 2. The van der Waals surface area contributed by atoms with Gasteiger partial charge >= 0.3 is 0 Å². The monoisotopic (exact) mass is 258 g/mol. The summed E-state index contributed by atoms with van der Waals surface area (Å²) in [6.45, 7) is 1.18. The minimum Gasteiger partial charge on any atom is -0.325 e. The molecule has 0 saturated heterocycles. The van der Waals surface area contributed by atoms with Crippen molar-refractivity contribution in [1.82, 2.24) is 5.32 Å². The molecule has 0 bridgehead atoms. The molecule has 0 aliphatic rings. The van der Waals surface area contributed by atoms with Crippen LogP contribution in [0.25, 0.3) is 0 Å². The number of thioether (sulfide) groups is 1. The minimum absolute atomic E-state index is 0.0385. The summed E-state index contributed by atoms with van der Waals surface area (Å²) >= 11 is 7.49. The van der Waals surface area contributed by atoms with Crippen LogP contribution in [0, 0.1) is 0 Å². The maximum atomic E-state index is 11.4. The molecule has 0 saturated carbocycles. The number of halogens is 1. The van der Waals surface area contributed by atoms with Gasteiger partial charge in [0.2, 0.25) is 5.91 Å². The van der Waals surface area contributed by atoms with Gasteiger partial charge in [0.25, 0.3) is 0 Å². The zero-order valence-electron chi connectivity index (χ0n) is 9.13. The Kier molecular flexibility index (Phi) is 6.30. The topological polar surface area (TPSA) is 41.1 Å². The molecule has 88 valence electrons.